The standard InChI is InChI=1S/C13H8NO/c1-2-11-6-9-15-13(11)12(3-1)10-4-7-14-8-5-10/h2-9H. The first kappa shape index (κ1) is 8.24. The average Bonchev–Trinajstić information content (AvgIpc) is 2.78. The lowest BCUT2D eigenvalue weighted by Gasteiger charge is -2.00. The first-order chi connectivity index (χ1) is 7.45. The number of hydrogen-bond donors (Lipinski definition) is 0. The maximum atomic E-state index is 5.46. The lowest BCUT2D eigenvalue weighted by molar-refractivity contribution is 0.617. The van der Waals surface area contributed by atoms with Crippen LogP contribution in [0, 0.1) is 6.07 Å². The minimum atomic E-state index is 0.903. The summed E-state index contributed by atoms with van der Waals surface area (Å²) < 4.78 is 5.46. The van der Waals surface area contributed by atoms with Crippen molar-refractivity contribution in [3.63, 3.8) is 0 Å². The van der Waals surface area contributed by atoms with Gasteiger partial charge in [-0.05, 0) is 42.0 Å². The van der Waals surface area contributed by atoms with Gasteiger partial charge in [0.15, 0.2) is 0 Å². The molecule has 0 atom stereocenters. The number of furan rings is 1. The van der Waals surface area contributed by atoms with E-state index in [-0.39, 0.29) is 0 Å². The van der Waals surface area contributed by atoms with Crippen molar-refractivity contribution in [2.24, 2.45) is 0 Å². The van der Waals surface area contributed by atoms with Crippen molar-refractivity contribution in [1.29, 1.82) is 0 Å². The van der Waals surface area contributed by atoms with Gasteiger partial charge in [0.1, 0.15) is 5.58 Å². The molecule has 3 aromatic rings. The van der Waals surface area contributed by atoms with Crippen LogP contribution in [0.1, 0.15) is 0 Å². The van der Waals surface area contributed by atoms with E-state index in [9.17, 15) is 0 Å². The minimum Gasteiger partial charge on any atom is -0.464 e. The molecular formula is C13H8NO. The van der Waals surface area contributed by atoms with Gasteiger partial charge < -0.3 is 4.42 Å². The summed E-state index contributed by atoms with van der Waals surface area (Å²) in [5, 5.41) is 1.07. The highest BCUT2D eigenvalue weighted by atomic mass is 16.3. The lowest BCUT2D eigenvalue weighted by atomic mass is 10.1. The molecule has 0 saturated carbocycles. The summed E-state index contributed by atoms with van der Waals surface area (Å²) in [5.74, 6) is 0. The molecule has 0 amide bonds. The first-order valence-electron chi connectivity index (χ1n) is 4.73. The highest BCUT2D eigenvalue weighted by Crippen LogP contribution is 2.28. The second-order valence-electron chi connectivity index (χ2n) is 3.31. The molecule has 0 aliphatic rings. The second-order valence-corrected chi connectivity index (χ2v) is 3.31. The number of aromatic nitrogens is 1. The fourth-order valence-electron chi connectivity index (χ4n) is 1.68. The highest BCUT2D eigenvalue weighted by Gasteiger charge is 2.05. The maximum Gasteiger partial charge on any atom is 0.141 e. The third-order valence-electron chi connectivity index (χ3n) is 2.40. The van der Waals surface area contributed by atoms with Crippen molar-refractivity contribution < 1.29 is 4.42 Å². The zero-order valence-electron chi connectivity index (χ0n) is 7.97. The van der Waals surface area contributed by atoms with E-state index in [1.165, 1.54) is 0 Å². The third kappa shape index (κ3) is 1.31. The summed E-state index contributed by atoms with van der Waals surface area (Å²) >= 11 is 0. The maximum absolute atomic E-state index is 5.46. The molecule has 1 aromatic carbocycles. The fraction of sp³-hybridized carbons (Fsp3) is 0. The Morgan fingerprint density at radius 2 is 1.93 bits per heavy atom. The normalized spacial score (nSPS) is 10.7. The van der Waals surface area contributed by atoms with Crippen LogP contribution < -0.4 is 0 Å². The zero-order valence-corrected chi connectivity index (χ0v) is 7.97. The predicted octanol–water partition coefficient (Wildman–Crippen LogP) is 3.29. The van der Waals surface area contributed by atoms with Gasteiger partial charge in [0.2, 0.25) is 0 Å². The van der Waals surface area contributed by atoms with E-state index in [1.54, 1.807) is 18.7 Å². The molecule has 71 valence electrons. The molecule has 2 heteroatoms. The average molecular weight is 194 g/mol. The molecule has 0 bridgehead atoms. The second kappa shape index (κ2) is 3.24. The highest BCUT2D eigenvalue weighted by molar-refractivity contribution is 5.92. The Labute approximate surface area is 87.2 Å². The van der Waals surface area contributed by atoms with Crippen LogP contribution in [0.3, 0.4) is 0 Å². The van der Waals surface area contributed by atoms with Crippen LogP contribution in [0.25, 0.3) is 22.1 Å². The Morgan fingerprint density at radius 3 is 2.80 bits per heavy atom. The molecular weight excluding hydrogens is 186 g/mol. The van der Waals surface area contributed by atoms with Crippen LogP contribution in [0.5, 0.6) is 0 Å². The van der Waals surface area contributed by atoms with Crippen molar-refractivity contribution in [3.05, 3.63) is 55.1 Å². The Hall–Kier alpha value is -2.09. The summed E-state index contributed by atoms with van der Waals surface area (Å²) in [5.41, 5.74) is 3.06. The number of nitrogens with zero attached hydrogens (tertiary/aromatic N) is 1. The molecule has 15 heavy (non-hydrogen) atoms. The summed E-state index contributed by atoms with van der Waals surface area (Å²) in [7, 11) is 0. The van der Waals surface area contributed by atoms with Crippen molar-refractivity contribution in [2.75, 3.05) is 0 Å². The molecule has 0 aliphatic carbocycles. The van der Waals surface area contributed by atoms with E-state index in [1.807, 2.05) is 30.3 Å². The molecule has 2 nitrogen and oxygen atoms in total. The van der Waals surface area contributed by atoms with Gasteiger partial charge >= 0.3 is 0 Å². The van der Waals surface area contributed by atoms with Crippen LogP contribution in [0.4, 0.5) is 0 Å². The van der Waals surface area contributed by atoms with Crippen LogP contribution >= 0.6 is 0 Å². The third-order valence-corrected chi connectivity index (χ3v) is 2.40. The Bertz CT molecular complexity index is 584. The summed E-state index contributed by atoms with van der Waals surface area (Å²) in [6.45, 7) is 0. The molecule has 3 rings (SSSR count). The van der Waals surface area contributed by atoms with Crippen molar-refractivity contribution in [2.45, 2.75) is 0 Å². The molecule has 1 radical (unpaired) electrons. The molecule has 0 unspecified atom stereocenters. The zero-order chi connectivity index (χ0) is 10.1. The lowest BCUT2D eigenvalue weighted by Crippen LogP contribution is -1.78. The molecule has 2 heterocycles. The van der Waals surface area contributed by atoms with Gasteiger partial charge in [0.25, 0.3) is 0 Å². The van der Waals surface area contributed by atoms with Crippen LogP contribution in [-0.2, 0) is 0 Å². The number of pyridine rings is 1. The van der Waals surface area contributed by atoms with Crippen LogP contribution in [0.2, 0.25) is 0 Å². The number of benzene rings is 1. The molecule has 0 fully saturated rings. The Kier molecular flexibility index (Phi) is 1.78. The summed E-state index contributed by atoms with van der Waals surface area (Å²) in [6, 6.07) is 12.8. The van der Waals surface area contributed by atoms with Crippen LogP contribution in [-0.4, -0.2) is 4.98 Å². The van der Waals surface area contributed by atoms with E-state index in [0.717, 1.165) is 22.1 Å². The van der Waals surface area contributed by atoms with Gasteiger partial charge in [-0.1, -0.05) is 0 Å². The van der Waals surface area contributed by atoms with E-state index < -0.39 is 0 Å². The van der Waals surface area contributed by atoms with Gasteiger partial charge in [0.05, 0.1) is 6.26 Å². The van der Waals surface area contributed by atoms with E-state index in [4.69, 9.17) is 4.42 Å². The van der Waals surface area contributed by atoms with Gasteiger partial charge in [-0.25, -0.2) is 0 Å². The molecule has 0 spiro atoms. The molecule has 0 aliphatic heterocycles. The predicted molar refractivity (Wildman–Crippen MR) is 58.3 cm³/mol. The van der Waals surface area contributed by atoms with E-state index in [0.29, 0.717) is 0 Å². The fourth-order valence-corrected chi connectivity index (χ4v) is 1.68. The number of hydrogen-bond acceptors (Lipinski definition) is 2. The number of rotatable bonds is 1. The molecule has 2 aromatic heterocycles. The molecule has 0 N–H and O–H groups in total. The van der Waals surface area contributed by atoms with Crippen molar-refractivity contribution >= 4 is 11.0 Å². The SMILES string of the molecule is [c]1cc(-c2ccncc2)c2occc2c1. The minimum absolute atomic E-state index is 0.903. The van der Waals surface area contributed by atoms with E-state index >= 15 is 0 Å². The Morgan fingerprint density at radius 1 is 1.07 bits per heavy atom. The van der Waals surface area contributed by atoms with Crippen molar-refractivity contribution in [1.82, 2.24) is 4.98 Å². The largest absolute Gasteiger partial charge is 0.464 e. The smallest absolute Gasteiger partial charge is 0.141 e. The van der Waals surface area contributed by atoms with Crippen LogP contribution in [0.15, 0.2) is 53.4 Å². The topological polar surface area (TPSA) is 26.0 Å². The van der Waals surface area contributed by atoms with Gasteiger partial charge in [-0.3, -0.25) is 4.98 Å². The van der Waals surface area contributed by atoms with Gasteiger partial charge in [-0.2, -0.15) is 0 Å². The number of fused-ring (bicyclic) bond motifs is 1. The molecule has 0 saturated heterocycles. The van der Waals surface area contributed by atoms with E-state index in [2.05, 4.69) is 11.1 Å². The quantitative estimate of drug-likeness (QED) is 0.594. The van der Waals surface area contributed by atoms with Gasteiger partial charge in [-0.15, -0.1) is 0 Å². The first-order valence-corrected chi connectivity index (χ1v) is 4.73. The van der Waals surface area contributed by atoms with Crippen molar-refractivity contribution in [3.8, 4) is 11.1 Å². The monoisotopic (exact) mass is 194 g/mol. The van der Waals surface area contributed by atoms with Gasteiger partial charge in [0, 0.05) is 23.3 Å². The Balaban J connectivity index is 2.31. The summed E-state index contributed by atoms with van der Waals surface area (Å²) in [6.07, 6.45) is 5.25. The summed E-state index contributed by atoms with van der Waals surface area (Å²) in [4.78, 5) is 4.00.